The average molecular weight is 485 g/mol. The first-order chi connectivity index (χ1) is 13.0. The molecule has 0 fully saturated rings. The summed E-state index contributed by atoms with van der Waals surface area (Å²) < 4.78 is 1.66. The predicted octanol–water partition coefficient (Wildman–Crippen LogP) is 4.94. The minimum atomic E-state index is -0.0250. The van der Waals surface area contributed by atoms with Crippen LogP contribution in [0.15, 0.2) is 45.3 Å². The van der Waals surface area contributed by atoms with Gasteiger partial charge < -0.3 is 10.6 Å². The van der Waals surface area contributed by atoms with Crippen molar-refractivity contribution in [2.75, 3.05) is 10.6 Å². The molecule has 2 N–H and O–H groups in total. The standard InChI is InChI=1S/C18H11Br2N7/c1-10-6-13(19)16(14(20)7-10)26-18-25-15(9-22)24-17(27-18)23-12-4-2-11(8-21)3-5-12/h2-7H,1H3,(H2,23,24,25,26,27). The van der Waals surface area contributed by atoms with Gasteiger partial charge in [-0.1, -0.05) is 0 Å². The van der Waals surface area contributed by atoms with Gasteiger partial charge in [-0.2, -0.15) is 25.5 Å². The Balaban J connectivity index is 1.92. The summed E-state index contributed by atoms with van der Waals surface area (Å²) in [6.07, 6.45) is 0. The molecule has 3 aromatic rings. The highest BCUT2D eigenvalue weighted by atomic mass is 79.9. The van der Waals surface area contributed by atoms with Crippen molar-refractivity contribution in [2.24, 2.45) is 0 Å². The largest absolute Gasteiger partial charge is 0.324 e. The third kappa shape index (κ3) is 4.59. The van der Waals surface area contributed by atoms with E-state index in [1.807, 2.05) is 25.1 Å². The van der Waals surface area contributed by atoms with E-state index in [9.17, 15) is 5.26 Å². The molecule has 0 amide bonds. The molecule has 0 bridgehead atoms. The van der Waals surface area contributed by atoms with Gasteiger partial charge in [-0.05, 0) is 80.7 Å². The number of nitrogens with zero attached hydrogens (tertiary/aromatic N) is 5. The number of rotatable bonds is 4. The van der Waals surface area contributed by atoms with Gasteiger partial charge >= 0.3 is 0 Å². The molecule has 0 unspecified atom stereocenters. The lowest BCUT2D eigenvalue weighted by Gasteiger charge is -2.12. The molecular formula is C18H11Br2N7. The fraction of sp³-hybridized carbons (Fsp3) is 0.0556. The number of hydrogen-bond acceptors (Lipinski definition) is 7. The van der Waals surface area contributed by atoms with Crippen molar-refractivity contribution in [1.29, 1.82) is 10.5 Å². The number of nitriles is 2. The van der Waals surface area contributed by atoms with Crippen molar-refractivity contribution < 1.29 is 0 Å². The number of anilines is 4. The zero-order chi connectivity index (χ0) is 19.4. The van der Waals surface area contributed by atoms with Gasteiger partial charge in [0.15, 0.2) is 0 Å². The van der Waals surface area contributed by atoms with Gasteiger partial charge in [0, 0.05) is 14.6 Å². The molecule has 9 heteroatoms. The van der Waals surface area contributed by atoms with Crippen LogP contribution in [-0.4, -0.2) is 15.0 Å². The maximum Gasteiger partial charge on any atom is 0.238 e. The Hall–Kier alpha value is -3.01. The Bertz CT molecular complexity index is 1060. The first kappa shape index (κ1) is 18.8. The van der Waals surface area contributed by atoms with Crippen molar-refractivity contribution in [2.45, 2.75) is 6.92 Å². The van der Waals surface area contributed by atoms with E-state index in [0.29, 0.717) is 11.3 Å². The second-order valence-corrected chi connectivity index (χ2v) is 7.17. The highest BCUT2D eigenvalue weighted by molar-refractivity contribution is 9.11. The summed E-state index contributed by atoms with van der Waals surface area (Å²) >= 11 is 7.01. The van der Waals surface area contributed by atoms with E-state index in [2.05, 4.69) is 63.5 Å². The minimum absolute atomic E-state index is 0.0250. The molecule has 1 aromatic heterocycles. The van der Waals surface area contributed by atoms with Crippen molar-refractivity contribution in [3.63, 3.8) is 0 Å². The molecule has 1 heterocycles. The molecule has 0 radical (unpaired) electrons. The minimum Gasteiger partial charge on any atom is -0.324 e. The van der Waals surface area contributed by atoms with E-state index >= 15 is 0 Å². The second kappa shape index (κ2) is 8.12. The van der Waals surface area contributed by atoms with E-state index in [-0.39, 0.29) is 17.7 Å². The molecule has 2 aromatic carbocycles. The second-order valence-electron chi connectivity index (χ2n) is 5.46. The molecule has 0 spiro atoms. The van der Waals surface area contributed by atoms with Crippen LogP contribution in [0.1, 0.15) is 17.0 Å². The first-order valence-electron chi connectivity index (χ1n) is 7.64. The van der Waals surface area contributed by atoms with Crippen molar-refractivity contribution in [3.8, 4) is 12.1 Å². The predicted molar refractivity (Wildman–Crippen MR) is 109 cm³/mol. The van der Waals surface area contributed by atoms with Crippen LogP contribution in [0.3, 0.4) is 0 Å². The van der Waals surface area contributed by atoms with Crippen LogP contribution in [-0.2, 0) is 0 Å². The van der Waals surface area contributed by atoms with Crippen LogP contribution < -0.4 is 10.6 Å². The average Bonchev–Trinajstić information content (AvgIpc) is 2.65. The number of hydrogen-bond donors (Lipinski definition) is 2. The van der Waals surface area contributed by atoms with E-state index in [1.165, 1.54) is 0 Å². The lowest BCUT2D eigenvalue weighted by Crippen LogP contribution is -2.06. The summed E-state index contributed by atoms with van der Waals surface area (Å²) in [4.78, 5) is 12.5. The number of aromatic nitrogens is 3. The summed E-state index contributed by atoms with van der Waals surface area (Å²) in [5.74, 6) is 0.416. The molecule has 0 aliphatic heterocycles. The van der Waals surface area contributed by atoms with Gasteiger partial charge in [0.25, 0.3) is 0 Å². The van der Waals surface area contributed by atoms with Crippen molar-refractivity contribution in [1.82, 2.24) is 15.0 Å². The number of benzene rings is 2. The highest BCUT2D eigenvalue weighted by Gasteiger charge is 2.11. The first-order valence-corrected chi connectivity index (χ1v) is 9.23. The van der Waals surface area contributed by atoms with Crippen LogP contribution in [0.4, 0.5) is 23.3 Å². The van der Waals surface area contributed by atoms with Crippen LogP contribution in [0, 0.1) is 29.6 Å². The van der Waals surface area contributed by atoms with Crippen LogP contribution in [0.2, 0.25) is 0 Å². The third-order valence-corrected chi connectivity index (χ3v) is 4.68. The van der Waals surface area contributed by atoms with Gasteiger partial charge in [-0.15, -0.1) is 0 Å². The Morgan fingerprint density at radius 3 is 2.00 bits per heavy atom. The fourth-order valence-electron chi connectivity index (χ4n) is 2.23. The smallest absolute Gasteiger partial charge is 0.238 e. The van der Waals surface area contributed by atoms with E-state index in [0.717, 1.165) is 20.2 Å². The topological polar surface area (TPSA) is 110 Å². The molecule has 3 rings (SSSR count). The summed E-state index contributed by atoms with van der Waals surface area (Å²) in [6.45, 7) is 1.98. The van der Waals surface area contributed by atoms with Gasteiger partial charge in [0.2, 0.25) is 17.7 Å². The van der Waals surface area contributed by atoms with E-state index < -0.39 is 0 Å². The molecule has 0 atom stereocenters. The molecule has 132 valence electrons. The maximum atomic E-state index is 9.22. The van der Waals surface area contributed by atoms with Crippen LogP contribution in [0.5, 0.6) is 0 Å². The molecule has 0 aliphatic rings. The third-order valence-electron chi connectivity index (χ3n) is 3.43. The molecule has 0 aliphatic carbocycles. The summed E-state index contributed by atoms with van der Waals surface area (Å²) in [5.41, 5.74) is 3.05. The molecule has 0 saturated carbocycles. The molecule has 0 saturated heterocycles. The van der Waals surface area contributed by atoms with Gasteiger partial charge in [0.1, 0.15) is 6.07 Å². The Morgan fingerprint density at radius 1 is 0.852 bits per heavy atom. The Kier molecular flexibility index (Phi) is 5.65. The zero-order valence-corrected chi connectivity index (χ0v) is 17.1. The lowest BCUT2D eigenvalue weighted by atomic mass is 10.2. The number of halogens is 2. The quantitative estimate of drug-likeness (QED) is 0.539. The zero-order valence-electron chi connectivity index (χ0n) is 14.0. The fourth-order valence-corrected chi connectivity index (χ4v) is 3.84. The van der Waals surface area contributed by atoms with Crippen LogP contribution >= 0.6 is 31.9 Å². The highest BCUT2D eigenvalue weighted by Crippen LogP contribution is 2.34. The molecule has 7 nitrogen and oxygen atoms in total. The summed E-state index contributed by atoms with van der Waals surface area (Å²) in [5, 5.41) is 24.2. The van der Waals surface area contributed by atoms with E-state index in [1.54, 1.807) is 24.3 Å². The molecular weight excluding hydrogens is 474 g/mol. The van der Waals surface area contributed by atoms with Crippen molar-refractivity contribution in [3.05, 3.63) is 62.3 Å². The lowest BCUT2D eigenvalue weighted by molar-refractivity contribution is 1.03. The van der Waals surface area contributed by atoms with Gasteiger partial charge in [-0.3, -0.25) is 0 Å². The number of aryl methyl sites for hydroxylation is 1. The Labute approximate surface area is 172 Å². The van der Waals surface area contributed by atoms with Gasteiger partial charge in [0.05, 0.1) is 17.3 Å². The SMILES string of the molecule is Cc1cc(Br)c(Nc2nc(C#N)nc(Nc3ccc(C#N)cc3)n2)c(Br)c1. The Morgan fingerprint density at radius 2 is 1.44 bits per heavy atom. The molecule has 27 heavy (non-hydrogen) atoms. The summed E-state index contributed by atoms with van der Waals surface area (Å²) in [6, 6.07) is 14.7. The van der Waals surface area contributed by atoms with Crippen molar-refractivity contribution >= 4 is 55.1 Å². The normalized spacial score (nSPS) is 9.96. The summed E-state index contributed by atoms with van der Waals surface area (Å²) in [7, 11) is 0. The van der Waals surface area contributed by atoms with Crippen LogP contribution in [0.25, 0.3) is 0 Å². The maximum absolute atomic E-state index is 9.22. The number of nitrogens with one attached hydrogen (secondary N) is 2. The van der Waals surface area contributed by atoms with E-state index in [4.69, 9.17) is 5.26 Å². The van der Waals surface area contributed by atoms with Gasteiger partial charge in [-0.25, -0.2) is 0 Å². The monoisotopic (exact) mass is 483 g/mol.